The second-order valence-electron chi connectivity index (χ2n) is 10.4. The zero-order valence-electron chi connectivity index (χ0n) is 24.0. The molecule has 0 N–H and O–H groups in total. The molecular formula is C30H60NNaO2. The molecule has 0 aromatic heterocycles. The third kappa shape index (κ3) is 24.1. The molecule has 0 radical (unpaired) electrons. The van der Waals surface area contributed by atoms with E-state index in [2.05, 4.69) is 18.7 Å². The quantitative estimate of drug-likeness (QED) is 0.114. The summed E-state index contributed by atoms with van der Waals surface area (Å²) in [5, 5.41) is 11.6. The van der Waals surface area contributed by atoms with Crippen LogP contribution >= 0.6 is 0 Å². The second-order valence-corrected chi connectivity index (χ2v) is 10.4. The summed E-state index contributed by atoms with van der Waals surface area (Å²) in [7, 11) is 0. The Balaban J connectivity index is 0. The zero-order valence-corrected chi connectivity index (χ0v) is 26.0. The summed E-state index contributed by atoms with van der Waals surface area (Å²) in [5.74, 6) is -0.886. The number of unbranched alkanes of at least 4 members (excludes halogenated alkanes) is 20. The van der Waals surface area contributed by atoms with E-state index in [4.69, 9.17) is 0 Å². The topological polar surface area (TPSA) is 43.4 Å². The molecule has 3 nitrogen and oxygen atoms in total. The van der Waals surface area contributed by atoms with Gasteiger partial charge < -0.3 is 9.90 Å². The first-order valence-electron chi connectivity index (χ1n) is 15.1. The van der Waals surface area contributed by atoms with Crippen LogP contribution in [0.1, 0.15) is 168 Å². The summed E-state index contributed by atoms with van der Waals surface area (Å²) in [6.45, 7) is 8.36. The monoisotopic (exact) mass is 489 g/mol. The van der Waals surface area contributed by atoms with Crippen molar-refractivity contribution in [1.82, 2.24) is 4.90 Å². The van der Waals surface area contributed by atoms with Gasteiger partial charge in [-0.15, -0.1) is 0 Å². The molecule has 198 valence electrons. The molecule has 0 aliphatic carbocycles. The average Bonchev–Trinajstić information content (AvgIpc) is 2.80. The van der Waals surface area contributed by atoms with E-state index in [9.17, 15) is 9.90 Å². The molecule has 0 aliphatic rings. The molecule has 34 heavy (non-hydrogen) atoms. The van der Waals surface area contributed by atoms with Crippen molar-refractivity contribution in [3.8, 4) is 0 Å². The van der Waals surface area contributed by atoms with Gasteiger partial charge in [0.15, 0.2) is 0 Å². The fraction of sp³-hybridized carbons (Fsp3) is 0.967. The summed E-state index contributed by atoms with van der Waals surface area (Å²) >= 11 is 0. The van der Waals surface area contributed by atoms with Gasteiger partial charge in [-0.2, -0.15) is 0 Å². The molecule has 0 fully saturated rings. The molecule has 0 saturated heterocycles. The minimum absolute atomic E-state index is 0. The maximum atomic E-state index is 11.6. The molecule has 0 spiro atoms. The first-order chi connectivity index (χ1) is 16.2. The smallest absolute Gasteiger partial charge is 0.548 e. The third-order valence-corrected chi connectivity index (χ3v) is 7.20. The molecule has 0 saturated carbocycles. The number of carbonyl (C=O) groups is 1. The summed E-state index contributed by atoms with van der Waals surface area (Å²) in [4.78, 5) is 13.8. The zero-order chi connectivity index (χ0) is 24.4. The van der Waals surface area contributed by atoms with Crippen molar-refractivity contribution in [3.05, 3.63) is 0 Å². The first-order valence-corrected chi connectivity index (χ1v) is 15.1. The second kappa shape index (κ2) is 29.7. The van der Waals surface area contributed by atoms with Crippen LogP contribution in [0, 0.1) is 0 Å². The number of rotatable bonds is 27. The molecular weight excluding hydrogens is 429 g/mol. The molecule has 0 heterocycles. The molecule has 0 aromatic rings. The number of aliphatic carboxylic acids is 1. The molecule has 1 atom stereocenters. The van der Waals surface area contributed by atoms with E-state index in [1.807, 2.05) is 6.92 Å². The Kier molecular flexibility index (Phi) is 31.9. The van der Waals surface area contributed by atoms with Crippen molar-refractivity contribution in [3.63, 3.8) is 0 Å². The van der Waals surface area contributed by atoms with Crippen LogP contribution in [0.3, 0.4) is 0 Å². The molecule has 4 heteroatoms. The van der Waals surface area contributed by atoms with Crippen LogP contribution < -0.4 is 34.7 Å². The van der Waals surface area contributed by atoms with Crippen LogP contribution in [-0.2, 0) is 4.79 Å². The standard InChI is InChI=1S/C30H61NO2.Na/c1-4-7-9-11-13-15-17-19-21-23-25-27-31(29(6-3)30(32)33)28-26-24-22-20-18-16-14-12-10-8-5-2;/h29H,4-28H2,1-3H3,(H,32,33);/q;+1/p-1. The largest absolute Gasteiger partial charge is 1.00 e. The Hall–Kier alpha value is 0.430. The van der Waals surface area contributed by atoms with Crippen LogP contribution in [0.2, 0.25) is 0 Å². The summed E-state index contributed by atoms with van der Waals surface area (Å²) < 4.78 is 0. The molecule has 1 unspecified atom stereocenters. The van der Waals surface area contributed by atoms with Crippen molar-refractivity contribution < 1.29 is 39.5 Å². The van der Waals surface area contributed by atoms with Crippen LogP contribution in [0.25, 0.3) is 0 Å². The Morgan fingerprint density at radius 3 is 1.03 bits per heavy atom. The Morgan fingerprint density at radius 2 is 0.794 bits per heavy atom. The predicted octanol–water partition coefficient (Wildman–Crippen LogP) is 5.44. The maximum absolute atomic E-state index is 11.6. The van der Waals surface area contributed by atoms with Crippen molar-refractivity contribution in [2.45, 2.75) is 174 Å². The van der Waals surface area contributed by atoms with Crippen molar-refractivity contribution in [1.29, 1.82) is 0 Å². The summed E-state index contributed by atoms with van der Waals surface area (Å²) in [6.07, 6.45) is 30.0. The van der Waals surface area contributed by atoms with Gasteiger partial charge in [0.05, 0.1) is 5.97 Å². The number of carbonyl (C=O) groups excluding carboxylic acids is 1. The number of nitrogens with zero attached hydrogens (tertiary/aromatic N) is 1. The van der Waals surface area contributed by atoms with Crippen LogP contribution in [-0.4, -0.2) is 30.0 Å². The van der Waals surface area contributed by atoms with Gasteiger partial charge in [0.2, 0.25) is 0 Å². The van der Waals surface area contributed by atoms with Crippen molar-refractivity contribution in [2.24, 2.45) is 0 Å². The van der Waals surface area contributed by atoms with Crippen molar-refractivity contribution >= 4 is 5.97 Å². The van der Waals surface area contributed by atoms with Gasteiger partial charge in [-0.25, -0.2) is 0 Å². The van der Waals surface area contributed by atoms with E-state index < -0.39 is 12.0 Å². The first kappa shape index (κ1) is 36.6. The van der Waals surface area contributed by atoms with E-state index in [0.29, 0.717) is 6.42 Å². The van der Waals surface area contributed by atoms with Gasteiger partial charge in [0.1, 0.15) is 0 Å². The van der Waals surface area contributed by atoms with Crippen molar-refractivity contribution in [2.75, 3.05) is 13.1 Å². The normalized spacial score (nSPS) is 12.1. The van der Waals surface area contributed by atoms with E-state index in [-0.39, 0.29) is 29.6 Å². The minimum atomic E-state index is -0.886. The van der Waals surface area contributed by atoms with Crippen LogP contribution in [0.5, 0.6) is 0 Å². The minimum Gasteiger partial charge on any atom is -0.548 e. The Morgan fingerprint density at radius 1 is 0.529 bits per heavy atom. The predicted molar refractivity (Wildman–Crippen MR) is 144 cm³/mol. The third-order valence-electron chi connectivity index (χ3n) is 7.20. The molecule has 0 aliphatic heterocycles. The van der Waals surface area contributed by atoms with Gasteiger partial charge in [-0.05, 0) is 32.4 Å². The van der Waals surface area contributed by atoms with Gasteiger partial charge in [0.25, 0.3) is 0 Å². The maximum Gasteiger partial charge on any atom is 1.00 e. The Bertz CT molecular complexity index is 379. The van der Waals surface area contributed by atoms with Gasteiger partial charge >= 0.3 is 29.6 Å². The van der Waals surface area contributed by atoms with E-state index in [1.54, 1.807) is 0 Å². The molecule has 0 bridgehead atoms. The number of hydrogen-bond donors (Lipinski definition) is 0. The number of carboxylic acids is 1. The molecule has 0 aromatic carbocycles. The fourth-order valence-corrected chi connectivity index (χ4v) is 4.96. The van der Waals surface area contributed by atoms with E-state index in [1.165, 1.54) is 128 Å². The Labute approximate surface area is 236 Å². The average molecular weight is 490 g/mol. The number of hydrogen-bond acceptors (Lipinski definition) is 3. The van der Waals surface area contributed by atoms with Gasteiger partial charge in [0, 0.05) is 6.04 Å². The van der Waals surface area contributed by atoms with Crippen LogP contribution in [0.4, 0.5) is 0 Å². The van der Waals surface area contributed by atoms with Crippen LogP contribution in [0.15, 0.2) is 0 Å². The van der Waals surface area contributed by atoms with E-state index >= 15 is 0 Å². The van der Waals surface area contributed by atoms with Gasteiger partial charge in [-0.1, -0.05) is 149 Å². The molecule has 0 amide bonds. The van der Waals surface area contributed by atoms with E-state index in [0.717, 1.165) is 25.9 Å². The number of carboxylic acid groups (broad SMARTS) is 1. The fourth-order valence-electron chi connectivity index (χ4n) is 4.96. The summed E-state index contributed by atoms with van der Waals surface area (Å²) in [6, 6.07) is -0.406. The molecule has 0 rings (SSSR count). The van der Waals surface area contributed by atoms with Gasteiger partial charge in [-0.3, -0.25) is 4.90 Å². The SMILES string of the molecule is CCCCCCCCCCCCCN(CCCCCCCCCCCCC)C(CC)C(=O)[O-].[Na+]. The summed E-state index contributed by atoms with van der Waals surface area (Å²) in [5.41, 5.74) is 0.